The summed E-state index contributed by atoms with van der Waals surface area (Å²) in [5.74, 6) is 3.10. The van der Waals surface area contributed by atoms with Gasteiger partial charge in [-0.15, -0.1) is 0 Å². The Morgan fingerprint density at radius 3 is 2.59 bits per heavy atom. The monoisotopic (exact) mass is 225 g/mol. The molecule has 5 rings (SSSR count). The van der Waals surface area contributed by atoms with Crippen LogP contribution in [0, 0.1) is 18.8 Å². The Hall–Kier alpha value is -1.11. The second-order valence-electron chi connectivity index (χ2n) is 5.98. The van der Waals surface area contributed by atoms with E-state index in [-0.39, 0.29) is 0 Å². The predicted octanol–water partition coefficient (Wildman–Crippen LogP) is 3.95. The van der Waals surface area contributed by atoms with E-state index < -0.39 is 0 Å². The van der Waals surface area contributed by atoms with Crippen LogP contribution in [-0.4, -0.2) is 4.98 Å². The maximum absolute atomic E-state index is 4.70. The summed E-state index contributed by atoms with van der Waals surface area (Å²) in [6, 6.07) is 2.19. The first-order chi connectivity index (χ1) is 8.36. The lowest BCUT2D eigenvalue weighted by atomic mass is 9.56. The first-order valence-electron chi connectivity index (χ1n) is 7.00. The molecular weight excluding hydrogens is 206 g/mol. The van der Waals surface area contributed by atoms with Crippen molar-refractivity contribution in [2.24, 2.45) is 11.8 Å². The Morgan fingerprint density at radius 2 is 1.76 bits per heavy atom. The van der Waals surface area contributed by atoms with Gasteiger partial charge in [0.1, 0.15) is 0 Å². The Kier molecular flexibility index (Phi) is 2.00. The van der Waals surface area contributed by atoms with Gasteiger partial charge in [-0.1, -0.05) is 25.0 Å². The summed E-state index contributed by atoms with van der Waals surface area (Å²) in [5.41, 5.74) is 4.43. The Balaban J connectivity index is 1.91. The molecule has 88 valence electrons. The number of aromatic nitrogens is 1. The van der Waals surface area contributed by atoms with E-state index in [4.69, 9.17) is 4.98 Å². The van der Waals surface area contributed by atoms with E-state index >= 15 is 0 Å². The number of nitrogens with zero attached hydrogens (tertiary/aromatic N) is 1. The molecule has 4 aliphatic carbocycles. The molecule has 1 heteroatoms. The van der Waals surface area contributed by atoms with E-state index in [1.165, 1.54) is 36.9 Å². The van der Waals surface area contributed by atoms with Crippen molar-refractivity contribution in [3.05, 3.63) is 41.2 Å². The van der Waals surface area contributed by atoms with Gasteiger partial charge >= 0.3 is 0 Å². The van der Waals surface area contributed by atoms with Crippen molar-refractivity contribution in [3.63, 3.8) is 0 Å². The fourth-order valence-corrected chi connectivity index (χ4v) is 4.50. The number of hydrogen-bond acceptors (Lipinski definition) is 1. The summed E-state index contributed by atoms with van der Waals surface area (Å²) in [7, 11) is 0. The highest BCUT2D eigenvalue weighted by Gasteiger charge is 2.45. The van der Waals surface area contributed by atoms with Crippen LogP contribution in [-0.2, 0) is 0 Å². The molecule has 1 nitrogen and oxygen atoms in total. The number of pyridine rings is 1. The summed E-state index contributed by atoms with van der Waals surface area (Å²) in [6.07, 6.45) is 12.7. The topological polar surface area (TPSA) is 12.9 Å². The van der Waals surface area contributed by atoms with E-state index in [0.717, 1.165) is 11.8 Å². The summed E-state index contributed by atoms with van der Waals surface area (Å²) in [5, 5.41) is 0. The van der Waals surface area contributed by atoms with Gasteiger partial charge in [-0.25, -0.2) is 0 Å². The highest BCUT2D eigenvalue weighted by atomic mass is 14.7. The molecule has 4 atom stereocenters. The predicted molar refractivity (Wildman–Crippen MR) is 69.0 cm³/mol. The molecule has 1 saturated carbocycles. The van der Waals surface area contributed by atoms with Gasteiger partial charge < -0.3 is 0 Å². The van der Waals surface area contributed by atoms with Crippen molar-refractivity contribution in [1.29, 1.82) is 0 Å². The number of rotatable bonds is 0. The Morgan fingerprint density at radius 1 is 1.06 bits per heavy atom. The van der Waals surface area contributed by atoms with Crippen LogP contribution < -0.4 is 0 Å². The zero-order valence-electron chi connectivity index (χ0n) is 10.4. The average molecular weight is 225 g/mol. The van der Waals surface area contributed by atoms with E-state index in [1.807, 2.05) is 6.20 Å². The van der Waals surface area contributed by atoms with Crippen molar-refractivity contribution in [2.75, 3.05) is 0 Å². The maximum Gasteiger partial charge on any atom is 0.0515 e. The second kappa shape index (κ2) is 3.44. The van der Waals surface area contributed by atoms with Gasteiger partial charge in [0, 0.05) is 18.0 Å². The van der Waals surface area contributed by atoms with Gasteiger partial charge in [0.15, 0.2) is 0 Å². The minimum atomic E-state index is 0.625. The van der Waals surface area contributed by atoms with E-state index in [1.54, 1.807) is 5.56 Å². The molecule has 0 aliphatic heterocycles. The molecule has 0 saturated heterocycles. The molecule has 0 aromatic carbocycles. The Labute approximate surface area is 103 Å². The van der Waals surface area contributed by atoms with E-state index in [0.29, 0.717) is 11.8 Å². The van der Waals surface area contributed by atoms with Crippen LogP contribution in [0.5, 0.6) is 0 Å². The van der Waals surface area contributed by atoms with Crippen molar-refractivity contribution in [3.8, 4) is 0 Å². The van der Waals surface area contributed by atoms with E-state index in [2.05, 4.69) is 25.1 Å². The second-order valence-corrected chi connectivity index (χ2v) is 5.98. The van der Waals surface area contributed by atoms with E-state index in [9.17, 15) is 0 Å². The standard InChI is InChI=1S/C16H19N/c1-10-8-9-17-16-14-7-6-13(15(10)16)11-4-2-3-5-12(11)14/h6-9,11-14H,2-5H2,1H3/t11-,12-,13?,14?/m1/s1. The summed E-state index contributed by atoms with van der Waals surface area (Å²) in [6.45, 7) is 2.26. The molecular formula is C16H19N. The summed E-state index contributed by atoms with van der Waals surface area (Å²) in [4.78, 5) is 4.70. The van der Waals surface area contributed by atoms with Crippen LogP contribution in [0.15, 0.2) is 24.4 Å². The molecule has 1 aromatic rings. The highest BCUT2D eigenvalue weighted by Crippen LogP contribution is 2.56. The lowest BCUT2D eigenvalue weighted by molar-refractivity contribution is 0.170. The van der Waals surface area contributed by atoms with Crippen LogP contribution in [0.3, 0.4) is 0 Å². The SMILES string of the molecule is Cc1ccnc2c1C1C=CC2[C@@H]2CCCC[C@@H]12. The molecule has 2 unspecified atom stereocenters. The average Bonchev–Trinajstić information content (AvgIpc) is 2.40. The van der Waals surface area contributed by atoms with Crippen LogP contribution in [0.2, 0.25) is 0 Å². The van der Waals surface area contributed by atoms with Crippen LogP contribution >= 0.6 is 0 Å². The molecule has 0 spiro atoms. The van der Waals surface area contributed by atoms with Crippen molar-refractivity contribution >= 4 is 0 Å². The van der Waals surface area contributed by atoms with Gasteiger partial charge in [0.05, 0.1) is 5.69 Å². The third kappa shape index (κ3) is 1.23. The number of allylic oxidation sites excluding steroid dienone is 2. The number of hydrogen-bond donors (Lipinski definition) is 0. The largest absolute Gasteiger partial charge is 0.260 e. The Bertz CT molecular complexity index is 488. The van der Waals surface area contributed by atoms with Crippen LogP contribution in [0.1, 0.15) is 54.3 Å². The third-order valence-corrected chi connectivity index (χ3v) is 5.21. The number of aryl methyl sites for hydroxylation is 1. The normalized spacial score (nSPS) is 37.7. The van der Waals surface area contributed by atoms with Gasteiger partial charge in [0.2, 0.25) is 0 Å². The molecule has 17 heavy (non-hydrogen) atoms. The van der Waals surface area contributed by atoms with Crippen LogP contribution in [0.25, 0.3) is 0 Å². The lowest BCUT2D eigenvalue weighted by Crippen LogP contribution is -2.38. The van der Waals surface area contributed by atoms with Gasteiger partial charge in [0.25, 0.3) is 0 Å². The van der Waals surface area contributed by atoms with Crippen LogP contribution in [0.4, 0.5) is 0 Å². The maximum atomic E-state index is 4.70. The quantitative estimate of drug-likeness (QED) is 0.609. The van der Waals surface area contributed by atoms with Crippen molar-refractivity contribution in [1.82, 2.24) is 4.98 Å². The third-order valence-electron chi connectivity index (χ3n) is 5.21. The molecule has 2 bridgehead atoms. The molecule has 0 radical (unpaired) electrons. The zero-order valence-corrected chi connectivity index (χ0v) is 10.4. The minimum Gasteiger partial charge on any atom is -0.260 e. The van der Waals surface area contributed by atoms with Crippen molar-refractivity contribution in [2.45, 2.75) is 44.4 Å². The molecule has 1 heterocycles. The minimum absolute atomic E-state index is 0.625. The first kappa shape index (κ1) is 9.87. The van der Waals surface area contributed by atoms with Crippen molar-refractivity contribution < 1.29 is 0 Å². The fraction of sp³-hybridized carbons (Fsp3) is 0.562. The first-order valence-corrected chi connectivity index (χ1v) is 7.00. The lowest BCUT2D eigenvalue weighted by Gasteiger charge is -2.48. The summed E-state index contributed by atoms with van der Waals surface area (Å²) < 4.78 is 0. The smallest absolute Gasteiger partial charge is 0.0515 e. The van der Waals surface area contributed by atoms with Gasteiger partial charge in [-0.05, 0) is 48.8 Å². The highest BCUT2D eigenvalue weighted by molar-refractivity contribution is 5.46. The molecule has 1 fully saturated rings. The van der Waals surface area contributed by atoms with Gasteiger partial charge in [-0.3, -0.25) is 4.98 Å². The molecule has 0 N–H and O–H groups in total. The fourth-order valence-electron chi connectivity index (χ4n) is 4.50. The zero-order chi connectivity index (χ0) is 11.4. The molecule has 1 aromatic heterocycles. The van der Waals surface area contributed by atoms with Gasteiger partial charge in [-0.2, -0.15) is 0 Å². The molecule has 4 aliphatic rings. The molecule has 0 amide bonds. The summed E-state index contributed by atoms with van der Waals surface area (Å²) >= 11 is 0.